The molecular weight excluding hydrogens is 378 g/mol. The van der Waals surface area contributed by atoms with Gasteiger partial charge in [0.05, 0.1) is 26.9 Å². The molecule has 0 unspecified atom stereocenters. The van der Waals surface area contributed by atoms with E-state index in [1.165, 1.54) is 11.3 Å². The number of thiazole rings is 1. The monoisotopic (exact) mass is 401 g/mol. The third-order valence-electron chi connectivity index (χ3n) is 4.51. The van der Waals surface area contributed by atoms with Gasteiger partial charge in [0, 0.05) is 41.1 Å². The van der Waals surface area contributed by atoms with Gasteiger partial charge in [-0.05, 0) is 26.0 Å². The van der Waals surface area contributed by atoms with E-state index in [0.29, 0.717) is 29.4 Å². The number of hydrogen-bond acceptors (Lipinski definition) is 6. The molecule has 0 aliphatic rings. The molecule has 1 N–H and O–H groups in total. The fourth-order valence-electron chi connectivity index (χ4n) is 3.11. The van der Waals surface area contributed by atoms with E-state index >= 15 is 0 Å². The lowest BCUT2D eigenvalue weighted by atomic mass is 10.1. The average molecular weight is 401 g/mol. The lowest BCUT2D eigenvalue weighted by Crippen LogP contribution is -2.23. The van der Waals surface area contributed by atoms with Crippen LogP contribution in [0.3, 0.4) is 0 Å². The standard InChI is InChI=1S/C20H23N3O4S/c1-12-8-15(13(2)23(12)20-21-6-7-28-20)19(24)22-11-14-9-17(26-4)18(27-5)10-16(14)25-3/h6-10H,11H2,1-5H3,(H,22,24). The van der Waals surface area contributed by atoms with Crippen molar-refractivity contribution in [1.29, 1.82) is 0 Å². The Balaban J connectivity index is 1.83. The van der Waals surface area contributed by atoms with Crippen LogP contribution in [0.1, 0.15) is 27.3 Å². The smallest absolute Gasteiger partial charge is 0.253 e. The molecule has 8 heteroatoms. The molecule has 7 nitrogen and oxygen atoms in total. The molecule has 0 atom stereocenters. The summed E-state index contributed by atoms with van der Waals surface area (Å²) >= 11 is 1.53. The molecule has 0 bridgehead atoms. The fourth-order valence-corrected chi connectivity index (χ4v) is 3.87. The van der Waals surface area contributed by atoms with E-state index in [1.54, 1.807) is 39.7 Å². The maximum absolute atomic E-state index is 12.8. The van der Waals surface area contributed by atoms with Crippen molar-refractivity contribution in [1.82, 2.24) is 14.9 Å². The maximum atomic E-state index is 12.8. The Labute approximate surface area is 167 Å². The number of nitrogens with one attached hydrogen (secondary N) is 1. The number of carbonyl (C=O) groups is 1. The topological polar surface area (TPSA) is 74.6 Å². The fraction of sp³-hybridized carbons (Fsp3) is 0.300. The first-order chi connectivity index (χ1) is 13.5. The van der Waals surface area contributed by atoms with Gasteiger partial charge in [-0.15, -0.1) is 11.3 Å². The van der Waals surface area contributed by atoms with Gasteiger partial charge in [0.1, 0.15) is 5.75 Å². The Hall–Kier alpha value is -3.00. The number of amides is 1. The van der Waals surface area contributed by atoms with Crippen molar-refractivity contribution in [3.63, 3.8) is 0 Å². The van der Waals surface area contributed by atoms with Crippen LogP contribution in [0.2, 0.25) is 0 Å². The molecular formula is C20H23N3O4S. The van der Waals surface area contributed by atoms with Gasteiger partial charge in [0.15, 0.2) is 16.6 Å². The molecule has 2 aromatic heterocycles. The molecule has 2 heterocycles. The highest BCUT2D eigenvalue weighted by atomic mass is 32.1. The second-order valence-electron chi connectivity index (χ2n) is 6.14. The molecule has 3 rings (SSSR count). The number of nitrogens with zero attached hydrogens (tertiary/aromatic N) is 2. The van der Waals surface area contributed by atoms with Crippen LogP contribution >= 0.6 is 11.3 Å². The highest BCUT2D eigenvalue weighted by molar-refractivity contribution is 7.12. The molecule has 148 valence electrons. The quantitative estimate of drug-likeness (QED) is 0.656. The van der Waals surface area contributed by atoms with Gasteiger partial charge in [-0.3, -0.25) is 9.36 Å². The van der Waals surface area contributed by atoms with Crippen LogP contribution in [-0.2, 0) is 6.54 Å². The molecule has 0 radical (unpaired) electrons. The zero-order chi connectivity index (χ0) is 20.3. The van der Waals surface area contributed by atoms with E-state index in [-0.39, 0.29) is 5.91 Å². The summed E-state index contributed by atoms with van der Waals surface area (Å²) in [4.78, 5) is 17.2. The summed E-state index contributed by atoms with van der Waals surface area (Å²) in [5.41, 5.74) is 3.22. The number of aryl methyl sites for hydroxylation is 1. The van der Waals surface area contributed by atoms with E-state index in [4.69, 9.17) is 14.2 Å². The lowest BCUT2D eigenvalue weighted by molar-refractivity contribution is 0.0950. The Bertz CT molecular complexity index is 980. The molecule has 0 saturated carbocycles. The molecule has 1 aromatic carbocycles. The molecule has 28 heavy (non-hydrogen) atoms. The molecule has 0 fully saturated rings. The van der Waals surface area contributed by atoms with Crippen LogP contribution in [0.4, 0.5) is 0 Å². The van der Waals surface area contributed by atoms with Crippen LogP contribution in [0, 0.1) is 13.8 Å². The van der Waals surface area contributed by atoms with Crippen molar-refractivity contribution in [2.75, 3.05) is 21.3 Å². The number of carbonyl (C=O) groups excluding carboxylic acids is 1. The molecule has 0 spiro atoms. The predicted molar refractivity (Wildman–Crippen MR) is 108 cm³/mol. The largest absolute Gasteiger partial charge is 0.496 e. The maximum Gasteiger partial charge on any atom is 0.253 e. The van der Waals surface area contributed by atoms with Crippen LogP contribution in [0.25, 0.3) is 5.13 Å². The van der Waals surface area contributed by atoms with Crippen molar-refractivity contribution >= 4 is 17.2 Å². The molecule has 0 aliphatic carbocycles. The number of aromatic nitrogens is 2. The van der Waals surface area contributed by atoms with Gasteiger partial charge in [-0.2, -0.15) is 0 Å². The number of hydrogen-bond donors (Lipinski definition) is 1. The lowest BCUT2D eigenvalue weighted by Gasteiger charge is -2.14. The van der Waals surface area contributed by atoms with Gasteiger partial charge >= 0.3 is 0 Å². The SMILES string of the molecule is COc1cc(OC)c(OC)cc1CNC(=O)c1cc(C)n(-c2nccs2)c1C. The minimum Gasteiger partial charge on any atom is -0.496 e. The number of methoxy groups -OCH3 is 3. The second-order valence-corrected chi connectivity index (χ2v) is 7.01. The van der Waals surface area contributed by atoms with Gasteiger partial charge < -0.3 is 19.5 Å². The summed E-state index contributed by atoms with van der Waals surface area (Å²) < 4.78 is 18.0. The first-order valence-corrected chi connectivity index (χ1v) is 9.54. The van der Waals surface area contributed by atoms with Crippen LogP contribution < -0.4 is 19.5 Å². The Morgan fingerprint density at radius 3 is 2.36 bits per heavy atom. The van der Waals surface area contributed by atoms with E-state index < -0.39 is 0 Å². The van der Waals surface area contributed by atoms with Crippen molar-refractivity contribution < 1.29 is 19.0 Å². The first kappa shape index (κ1) is 19.8. The summed E-state index contributed by atoms with van der Waals surface area (Å²) in [6, 6.07) is 5.42. The van der Waals surface area contributed by atoms with E-state index in [0.717, 1.165) is 22.1 Å². The van der Waals surface area contributed by atoms with Crippen molar-refractivity contribution in [3.8, 4) is 22.4 Å². The van der Waals surface area contributed by atoms with Crippen LogP contribution in [0.5, 0.6) is 17.2 Å². The van der Waals surface area contributed by atoms with E-state index in [9.17, 15) is 4.79 Å². The second kappa shape index (κ2) is 8.35. The summed E-state index contributed by atoms with van der Waals surface area (Å²) in [6.45, 7) is 4.17. The van der Waals surface area contributed by atoms with Gasteiger partial charge in [0.2, 0.25) is 0 Å². The van der Waals surface area contributed by atoms with Crippen LogP contribution in [-0.4, -0.2) is 36.8 Å². The van der Waals surface area contributed by atoms with Gasteiger partial charge in [-0.1, -0.05) is 0 Å². The number of benzene rings is 1. The van der Waals surface area contributed by atoms with Gasteiger partial charge in [-0.25, -0.2) is 4.98 Å². The third-order valence-corrected chi connectivity index (χ3v) is 5.27. The zero-order valence-corrected chi connectivity index (χ0v) is 17.3. The molecule has 1 amide bonds. The number of rotatable bonds is 7. The Kier molecular flexibility index (Phi) is 5.89. The van der Waals surface area contributed by atoms with E-state index in [2.05, 4.69) is 10.3 Å². The number of ether oxygens (including phenoxy) is 3. The summed E-state index contributed by atoms with van der Waals surface area (Å²) in [5, 5.41) is 5.72. The zero-order valence-electron chi connectivity index (χ0n) is 16.5. The predicted octanol–water partition coefficient (Wildman–Crippen LogP) is 3.51. The minimum absolute atomic E-state index is 0.159. The normalized spacial score (nSPS) is 10.6. The highest BCUT2D eigenvalue weighted by Gasteiger charge is 2.19. The average Bonchev–Trinajstić information content (AvgIpc) is 3.32. The molecule has 3 aromatic rings. The Morgan fingerprint density at radius 1 is 1.07 bits per heavy atom. The molecule has 0 saturated heterocycles. The van der Waals surface area contributed by atoms with Crippen molar-refractivity contribution in [2.45, 2.75) is 20.4 Å². The minimum atomic E-state index is -0.159. The first-order valence-electron chi connectivity index (χ1n) is 8.66. The van der Waals surface area contributed by atoms with Gasteiger partial charge in [0.25, 0.3) is 5.91 Å². The summed E-state index contributed by atoms with van der Waals surface area (Å²) in [7, 11) is 4.71. The van der Waals surface area contributed by atoms with Crippen molar-refractivity contribution in [2.24, 2.45) is 0 Å². The van der Waals surface area contributed by atoms with E-state index in [1.807, 2.05) is 29.9 Å². The van der Waals surface area contributed by atoms with Crippen LogP contribution in [0.15, 0.2) is 29.8 Å². The van der Waals surface area contributed by atoms with Crippen molar-refractivity contribution in [3.05, 3.63) is 52.3 Å². The Morgan fingerprint density at radius 2 is 1.75 bits per heavy atom. The molecule has 0 aliphatic heterocycles. The summed E-state index contributed by atoms with van der Waals surface area (Å²) in [6.07, 6.45) is 1.75. The third kappa shape index (κ3) is 3.68. The highest BCUT2D eigenvalue weighted by Crippen LogP contribution is 2.34. The summed E-state index contributed by atoms with van der Waals surface area (Å²) in [5.74, 6) is 1.61.